The first-order valence-electron chi connectivity index (χ1n) is 26.2. The summed E-state index contributed by atoms with van der Waals surface area (Å²) in [6, 6.07) is 16.0. The van der Waals surface area contributed by atoms with Gasteiger partial charge in [0.1, 0.15) is 11.4 Å². The summed E-state index contributed by atoms with van der Waals surface area (Å²) in [6.45, 7) is 9.98. The van der Waals surface area contributed by atoms with Gasteiger partial charge in [0.15, 0.2) is 5.71 Å². The predicted molar refractivity (Wildman–Crippen MR) is 323 cm³/mol. The topological polar surface area (TPSA) is 441 Å². The Morgan fingerprint density at radius 1 is 0.784 bits per heavy atom. The number of aromatic nitrogens is 3. The van der Waals surface area contributed by atoms with Crippen molar-refractivity contribution in [2.24, 2.45) is 5.14 Å². The molecule has 4 aromatic carbocycles. The number of carbonyl (C=O) groups excluding carboxylic acids is 2. The minimum Gasteiger partial charge on any atom is -0.379 e. The van der Waals surface area contributed by atoms with Gasteiger partial charge in [-0.15, -0.1) is 22.8 Å². The molecule has 0 atom stereocenters. The third-order valence-electron chi connectivity index (χ3n) is 14.2. The summed E-state index contributed by atoms with van der Waals surface area (Å²) >= 11 is 0.581. The normalized spacial score (nSPS) is 15.6. The van der Waals surface area contributed by atoms with Crippen molar-refractivity contribution in [2.45, 2.75) is 90.2 Å². The third-order valence-corrected chi connectivity index (χ3v) is 19.7. The lowest BCUT2D eigenvalue weighted by atomic mass is 9.79. The molecule has 0 radical (unpaired) electrons. The molecule has 2 aliphatic heterocycles. The minimum atomic E-state index is -5.10. The molecule has 2 aromatic heterocycles. The van der Waals surface area contributed by atoms with Gasteiger partial charge in [-0.05, 0) is 103 Å². The van der Waals surface area contributed by atoms with Gasteiger partial charge >= 0.3 is 10.6 Å². The lowest BCUT2D eigenvalue weighted by Crippen LogP contribution is -2.28. The van der Waals surface area contributed by atoms with Crippen molar-refractivity contribution in [3.05, 3.63) is 125 Å². The molecule has 6 aromatic rings. The van der Waals surface area contributed by atoms with Crippen LogP contribution in [0.1, 0.15) is 87.5 Å². The number of carbonyl (C=O) groups is 2. The molecule has 2 aliphatic rings. The Balaban J connectivity index is 0.00000268. The second-order valence-electron chi connectivity index (χ2n) is 20.9. The van der Waals surface area contributed by atoms with Crippen LogP contribution in [-0.2, 0) is 81.5 Å². The molecule has 0 spiro atoms. The molecular formula is C53H59N8O20S7+. The van der Waals surface area contributed by atoms with Crippen molar-refractivity contribution in [3.63, 3.8) is 0 Å². The van der Waals surface area contributed by atoms with Crippen molar-refractivity contribution in [2.75, 3.05) is 48.8 Å². The first-order valence-corrected chi connectivity index (χ1v) is 35.5. The van der Waals surface area contributed by atoms with Gasteiger partial charge in [0.25, 0.3) is 56.4 Å². The lowest BCUT2D eigenvalue weighted by molar-refractivity contribution is -0.438. The van der Waals surface area contributed by atoms with Crippen LogP contribution in [0.3, 0.4) is 0 Å². The zero-order valence-corrected chi connectivity index (χ0v) is 53.0. The molecular weight excluding hydrogens is 1290 g/mol. The van der Waals surface area contributed by atoms with Crippen LogP contribution in [0.4, 0.5) is 16.5 Å². The molecule has 8 rings (SSSR count). The fourth-order valence-electron chi connectivity index (χ4n) is 10.4. The highest BCUT2D eigenvalue weighted by Gasteiger charge is 2.46. The quantitative estimate of drug-likeness (QED) is 0.0143. The summed E-state index contributed by atoms with van der Waals surface area (Å²) in [5.41, 5.74) is 2.49. The molecule has 88 heavy (non-hydrogen) atoms. The molecule has 28 nitrogen and oxygen atoms in total. The third kappa shape index (κ3) is 16.0. The van der Waals surface area contributed by atoms with E-state index in [2.05, 4.69) is 25.4 Å². The van der Waals surface area contributed by atoms with Crippen molar-refractivity contribution >= 4 is 134 Å². The molecule has 0 bridgehead atoms. The first-order chi connectivity index (χ1) is 40.8. The monoisotopic (exact) mass is 1350 g/mol. The van der Waals surface area contributed by atoms with Crippen molar-refractivity contribution in [1.29, 1.82) is 0 Å². The fourth-order valence-corrected chi connectivity index (χ4v) is 14.0. The first kappa shape index (κ1) is 68.4. The summed E-state index contributed by atoms with van der Waals surface area (Å²) in [6.07, 6.45) is 9.77. The van der Waals surface area contributed by atoms with Crippen LogP contribution >= 0.6 is 11.3 Å². The molecule has 0 aliphatic carbocycles. The Morgan fingerprint density at radius 2 is 1.45 bits per heavy atom. The zero-order valence-electron chi connectivity index (χ0n) is 47.3. The number of unbranched alkanes of at least 4 members (excludes halogenated alkanes) is 1. The van der Waals surface area contributed by atoms with Gasteiger partial charge in [0.2, 0.25) is 21.1 Å². The second-order valence-corrected chi connectivity index (χ2v) is 29.8. The summed E-state index contributed by atoms with van der Waals surface area (Å²) in [5, 5.41) is 18.4. The van der Waals surface area contributed by atoms with Crippen LogP contribution in [0.2, 0.25) is 0 Å². The van der Waals surface area contributed by atoms with E-state index in [4.69, 9.17) is 27.5 Å². The van der Waals surface area contributed by atoms with E-state index in [-0.39, 0.29) is 65.5 Å². The van der Waals surface area contributed by atoms with Crippen LogP contribution in [0.25, 0.3) is 27.1 Å². The Morgan fingerprint density at radius 3 is 2.06 bits per heavy atom. The Hall–Kier alpha value is -7.13. The second kappa shape index (κ2) is 26.5. The molecule has 35 heteroatoms. The van der Waals surface area contributed by atoms with Crippen LogP contribution in [0.15, 0.2) is 122 Å². The van der Waals surface area contributed by atoms with E-state index in [1.165, 1.54) is 36.5 Å². The molecule has 4 heterocycles. The van der Waals surface area contributed by atoms with E-state index < -0.39 is 104 Å². The minimum absolute atomic E-state index is 0.00328. The zero-order chi connectivity index (χ0) is 65.1. The number of nitrogens with zero attached hydrogens (tertiary/aromatic N) is 5. The highest BCUT2D eigenvalue weighted by Crippen LogP contribution is 2.52. The number of hydrogen-bond acceptors (Lipinski definition) is 21. The average Bonchev–Trinajstić information content (AvgIpc) is 1.55. The van der Waals surface area contributed by atoms with Gasteiger partial charge in [-0.2, -0.15) is 38.2 Å². The number of benzene rings is 4. The standard InChI is InChI=1S/C53H58N8O17S6.O3S/c1-6-7-23-60-41-17-11-32-9-14-35(82(69,70)71)28-38(32)47(41)52(2,3)44(60)19-12-33(40-16-10-34(31-56-40)49(63)55-22-26-78-25-21-46(62)57-50-58-59-51(79-50)81(54,67)68)13-20-45-53(4,5)48-39-29-36(83(72,73)74)30-43(84(75,76)77)37(39)15-18-42(48)61(45)24-8-27-80(64,65)66;1-4(2)3/h9-20,28-31H,6-8,21-27H2,1-5H3,(H7-,54,55,57,58,62,63,64,65,66,67,68,69,70,71,72,73,74,75,76,77);/p+1. The van der Waals surface area contributed by atoms with E-state index in [0.717, 1.165) is 41.3 Å². The molecule has 8 N–H and O–H groups in total. The number of fused-ring (bicyclic) bond motifs is 6. The maximum Gasteiger partial charge on any atom is 0.425 e. The molecule has 0 saturated carbocycles. The lowest BCUT2D eigenvalue weighted by Gasteiger charge is -2.27. The highest BCUT2D eigenvalue weighted by molar-refractivity contribution is 7.91. The van der Waals surface area contributed by atoms with Gasteiger partial charge in [-0.25, -0.2) is 13.6 Å². The number of ether oxygens (including phenoxy) is 1. The fraction of sp³-hybridized carbons (Fsp3) is 0.321. The summed E-state index contributed by atoms with van der Waals surface area (Å²) in [4.78, 5) is 30.3. The van der Waals surface area contributed by atoms with Gasteiger partial charge < -0.3 is 20.3 Å². The number of pyridine rings is 1. The molecule has 0 fully saturated rings. The van der Waals surface area contributed by atoms with Gasteiger partial charge in [0, 0.05) is 71.2 Å². The van der Waals surface area contributed by atoms with E-state index in [1.807, 2.05) is 39.0 Å². The maximum atomic E-state index is 13.4. The van der Waals surface area contributed by atoms with Crippen LogP contribution in [-0.4, -0.2) is 149 Å². The Bertz CT molecular complexity index is 4640. The number of nitrogens with one attached hydrogen (secondary N) is 2. The van der Waals surface area contributed by atoms with Crippen LogP contribution in [0, 0.1) is 0 Å². The number of hydrogen-bond donors (Lipinski definition) is 7. The number of nitrogens with two attached hydrogens (primary N) is 1. The number of anilines is 2. The van der Waals surface area contributed by atoms with Gasteiger partial charge in [-0.1, -0.05) is 56.7 Å². The number of sulfonamides is 1. The predicted octanol–water partition coefficient (Wildman–Crippen LogP) is 5.17. The van der Waals surface area contributed by atoms with Crippen molar-refractivity contribution in [3.8, 4) is 0 Å². The molecule has 0 saturated heterocycles. The van der Waals surface area contributed by atoms with Crippen molar-refractivity contribution < 1.29 is 91.8 Å². The van der Waals surface area contributed by atoms with E-state index >= 15 is 0 Å². The van der Waals surface area contributed by atoms with Gasteiger partial charge in [0.05, 0.1) is 51.9 Å². The average molecular weight is 1350 g/mol. The van der Waals surface area contributed by atoms with Crippen molar-refractivity contribution in [1.82, 2.24) is 20.5 Å². The van der Waals surface area contributed by atoms with E-state index in [1.54, 1.807) is 49.1 Å². The Labute approximate surface area is 512 Å². The smallest absolute Gasteiger partial charge is 0.379 e. The highest BCUT2D eigenvalue weighted by atomic mass is 32.3. The number of allylic oxidation sites excluding steroid dienone is 6. The van der Waals surface area contributed by atoms with Gasteiger partial charge in [-0.3, -0.25) is 32.8 Å². The van der Waals surface area contributed by atoms with Crippen LogP contribution < -0.4 is 20.7 Å². The number of amides is 2. The summed E-state index contributed by atoms with van der Waals surface area (Å²) < 4.78 is 196. The number of rotatable bonds is 23. The summed E-state index contributed by atoms with van der Waals surface area (Å²) in [5.74, 6) is -1.71. The maximum absolute atomic E-state index is 13.4. The van der Waals surface area contributed by atoms with E-state index in [0.29, 0.717) is 57.5 Å². The van der Waals surface area contributed by atoms with Crippen LogP contribution in [0.5, 0.6) is 0 Å². The van der Waals surface area contributed by atoms with E-state index in [9.17, 15) is 69.9 Å². The molecule has 0 unspecified atom stereocenters. The Kier molecular flexibility index (Phi) is 20.6. The molecule has 472 valence electrons. The number of primary sulfonamides is 1. The largest absolute Gasteiger partial charge is 0.425 e. The SMILES string of the molecule is CCCC[N+]1=C(/C=C/C(=C/C=C2/N(CCCS(=O)(=O)O)c3ccc4c(S(=O)(=O)O)cc(S(=O)(=O)O)cc4c3C2(C)C)c2ccc(C(=O)NCCOCCC(=O)Nc3nnc(S(N)(=O)=O)s3)cn2)C(C)(C)c2c1ccc1ccc(S(=O)(=O)O)cc21.O=S(=O)=O. The molecule has 2 amide bonds. The summed E-state index contributed by atoms with van der Waals surface area (Å²) in [7, 11) is -26.4.